The fourth-order valence-electron chi connectivity index (χ4n) is 6.11. The molecule has 1 N–H and O–H groups in total. The van der Waals surface area contributed by atoms with Crippen LogP contribution in [0.4, 0.5) is 0 Å². The van der Waals surface area contributed by atoms with Crippen LogP contribution in [0.3, 0.4) is 0 Å². The molecule has 4 unspecified atom stereocenters. The first-order chi connectivity index (χ1) is 9.95. The number of rotatable bonds is 0. The third kappa shape index (κ3) is 1.72. The highest BCUT2D eigenvalue weighted by atomic mass is 16.3. The Morgan fingerprint density at radius 3 is 2.81 bits per heavy atom. The largest absolute Gasteiger partial charge is 0.381 e. The molecule has 4 aliphatic rings. The van der Waals surface area contributed by atoms with Gasteiger partial charge in [0.1, 0.15) is 5.60 Å². The van der Waals surface area contributed by atoms with Crippen molar-refractivity contribution in [2.24, 2.45) is 29.1 Å². The summed E-state index contributed by atoms with van der Waals surface area (Å²) in [6.07, 6.45) is 12.2. The van der Waals surface area contributed by atoms with Gasteiger partial charge in [-0.1, -0.05) is 13.8 Å². The molecule has 0 aromatic carbocycles. The molecule has 6 atom stereocenters. The quantitative estimate of drug-likeness (QED) is 0.738. The van der Waals surface area contributed by atoms with Crippen molar-refractivity contribution in [2.75, 3.05) is 0 Å². The van der Waals surface area contributed by atoms with Gasteiger partial charge in [-0.05, 0) is 91.4 Å². The molecule has 0 radical (unpaired) electrons. The van der Waals surface area contributed by atoms with Crippen molar-refractivity contribution in [2.45, 2.75) is 58.0 Å². The second-order valence-corrected chi connectivity index (χ2v) is 8.17. The monoisotopic (exact) mass is 286 g/mol. The van der Waals surface area contributed by atoms with Crippen molar-refractivity contribution < 1.29 is 9.90 Å². The van der Waals surface area contributed by atoms with E-state index in [0.29, 0.717) is 17.3 Å². The van der Waals surface area contributed by atoms with E-state index in [2.05, 4.69) is 13.8 Å². The molecule has 0 spiro atoms. The van der Waals surface area contributed by atoms with Crippen LogP contribution in [0.15, 0.2) is 23.8 Å². The van der Waals surface area contributed by atoms with Gasteiger partial charge in [-0.15, -0.1) is 0 Å². The maximum absolute atomic E-state index is 11.6. The summed E-state index contributed by atoms with van der Waals surface area (Å²) in [6.45, 7) is 4.91. The van der Waals surface area contributed by atoms with Crippen LogP contribution in [0.1, 0.15) is 52.4 Å². The van der Waals surface area contributed by atoms with E-state index in [1.54, 1.807) is 12.2 Å². The molecule has 0 aromatic rings. The molecule has 0 aliphatic heterocycles. The van der Waals surface area contributed by atoms with Crippen molar-refractivity contribution >= 4 is 5.78 Å². The molecular formula is C19H26O2. The summed E-state index contributed by atoms with van der Waals surface area (Å²) in [6, 6.07) is 0. The number of fused-ring (bicyclic) bond motifs is 5. The molecule has 114 valence electrons. The second kappa shape index (κ2) is 4.32. The summed E-state index contributed by atoms with van der Waals surface area (Å²) in [7, 11) is 0. The zero-order valence-electron chi connectivity index (χ0n) is 13.1. The number of carbonyl (C=O) groups excluding carboxylic acids is 1. The fourth-order valence-corrected chi connectivity index (χ4v) is 6.11. The summed E-state index contributed by atoms with van der Waals surface area (Å²) in [5, 5.41) is 11.3. The van der Waals surface area contributed by atoms with Gasteiger partial charge in [-0.3, -0.25) is 4.79 Å². The van der Waals surface area contributed by atoms with Crippen molar-refractivity contribution in [3.8, 4) is 0 Å². The van der Waals surface area contributed by atoms with Gasteiger partial charge in [0.25, 0.3) is 0 Å². The van der Waals surface area contributed by atoms with Crippen LogP contribution in [-0.2, 0) is 4.79 Å². The minimum atomic E-state index is -0.829. The normalized spacial score (nSPS) is 52.0. The second-order valence-electron chi connectivity index (χ2n) is 8.17. The Hall–Kier alpha value is -0.890. The lowest BCUT2D eigenvalue weighted by molar-refractivity contribution is -0.112. The first-order valence-corrected chi connectivity index (χ1v) is 8.62. The van der Waals surface area contributed by atoms with Crippen LogP contribution in [0, 0.1) is 29.1 Å². The Labute approximate surface area is 127 Å². The molecule has 4 rings (SSSR count). The molecule has 0 aromatic heterocycles. The first-order valence-electron chi connectivity index (χ1n) is 8.62. The van der Waals surface area contributed by atoms with Gasteiger partial charge in [0.15, 0.2) is 5.78 Å². The van der Waals surface area contributed by atoms with Crippen LogP contribution < -0.4 is 0 Å². The van der Waals surface area contributed by atoms with Crippen molar-refractivity contribution in [1.82, 2.24) is 0 Å². The molecule has 0 saturated heterocycles. The smallest absolute Gasteiger partial charge is 0.178 e. The predicted octanol–water partition coefficient (Wildman–Crippen LogP) is 3.66. The predicted molar refractivity (Wildman–Crippen MR) is 82.6 cm³/mol. The number of hydrogen-bond acceptors (Lipinski definition) is 2. The SMILES string of the molecule is CC1CCC2C3CCC4=CC(=O)C=C[C@@]4(O)C3CC[C@]12C. The molecule has 3 fully saturated rings. The highest BCUT2D eigenvalue weighted by Crippen LogP contribution is 2.63. The van der Waals surface area contributed by atoms with Crippen molar-refractivity contribution in [3.63, 3.8) is 0 Å². The summed E-state index contributed by atoms with van der Waals surface area (Å²) < 4.78 is 0. The maximum atomic E-state index is 11.6. The highest BCUT2D eigenvalue weighted by Gasteiger charge is 2.58. The Morgan fingerprint density at radius 1 is 1.19 bits per heavy atom. The fraction of sp³-hybridized carbons (Fsp3) is 0.737. The Morgan fingerprint density at radius 2 is 2.00 bits per heavy atom. The van der Waals surface area contributed by atoms with E-state index in [-0.39, 0.29) is 5.78 Å². The Kier molecular flexibility index (Phi) is 2.83. The van der Waals surface area contributed by atoms with Crippen LogP contribution >= 0.6 is 0 Å². The minimum Gasteiger partial charge on any atom is -0.381 e. The zero-order chi connectivity index (χ0) is 14.8. The van der Waals surface area contributed by atoms with Gasteiger partial charge < -0.3 is 5.11 Å². The lowest BCUT2D eigenvalue weighted by atomic mass is 9.50. The molecule has 2 heteroatoms. The van der Waals surface area contributed by atoms with E-state index >= 15 is 0 Å². The van der Waals surface area contributed by atoms with Gasteiger partial charge in [-0.25, -0.2) is 0 Å². The van der Waals surface area contributed by atoms with Crippen LogP contribution in [0.2, 0.25) is 0 Å². The topological polar surface area (TPSA) is 37.3 Å². The zero-order valence-corrected chi connectivity index (χ0v) is 13.1. The van der Waals surface area contributed by atoms with E-state index in [0.717, 1.165) is 36.7 Å². The van der Waals surface area contributed by atoms with Crippen molar-refractivity contribution in [3.05, 3.63) is 23.8 Å². The van der Waals surface area contributed by atoms with Crippen molar-refractivity contribution in [1.29, 1.82) is 0 Å². The lowest BCUT2D eigenvalue weighted by Gasteiger charge is -2.55. The van der Waals surface area contributed by atoms with E-state index < -0.39 is 5.60 Å². The molecule has 2 nitrogen and oxygen atoms in total. The van der Waals surface area contributed by atoms with Gasteiger partial charge in [0.05, 0.1) is 0 Å². The number of carbonyl (C=O) groups is 1. The van der Waals surface area contributed by atoms with E-state index in [4.69, 9.17) is 0 Å². The van der Waals surface area contributed by atoms with Gasteiger partial charge in [-0.2, -0.15) is 0 Å². The van der Waals surface area contributed by atoms with E-state index in [1.807, 2.05) is 6.08 Å². The van der Waals surface area contributed by atoms with E-state index in [1.165, 1.54) is 19.3 Å². The Balaban J connectivity index is 1.70. The maximum Gasteiger partial charge on any atom is 0.178 e. The lowest BCUT2D eigenvalue weighted by Crippen LogP contribution is -2.53. The van der Waals surface area contributed by atoms with Gasteiger partial charge in [0, 0.05) is 0 Å². The molecule has 0 amide bonds. The van der Waals surface area contributed by atoms with Crippen LogP contribution in [0.25, 0.3) is 0 Å². The molecule has 21 heavy (non-hydrogen) atoms. The molecule has 0 bridgehead atoms. The number of aliphatic hydroxyl groups is 1. The third-order valence-electron chi connectivity index (χ3n) is 7.56. The summed E-state index contributed by atoms with van der Waals surface area (Å²) in [4.78, 5) is 11.6. The standard InChI is InChI=1S/C19H26O2/c1-12-3-6-16-15-5-4-13-11-14(20)7-10-19(13,21)17(15)8-9-18(12,16)2/h7,10-12,15-17,21H,3-6,8-9H2,1-2H3/t12?,15?,16?,17?,18-,19+/m1/s1. The van der Waals surface area contributed by atoms with E-state index in [9.17, 15) is 9.90 Å². The molecule has 0 heterocycles. The summed E-state index contributed by atoms with van der Waals surface area (Å²) >= 11 is 0. The molecular weight excluding hydrogens is 260 g/mol. The first kappa shape index (κ1) is 13.8. The molecule has 4 aliphatic carbocycles. The van der Waals surface area contributed by atoms with Crippen LogP contribution in [0.5, 0.6) is 0 Å². The number of allylic oxidation sites excluding steroid dienone is 2. The highest BCUT2D eigenvalue weighted by molar-refractivity contribution is 6.01. The summed E-state index contributed by atoms with van der Waals surface area (Å²) in [5.74, 6) is 2.59. The Bertz CT molecular complexity index is 546. The van der Waals surface area contributed by atoms with Crippen LogP contribution in [-0.4, -0.2) is 16.5 Å². The number of ketones is 1. The third-order valence-corrected chi connectivity index (χ3v) is 7.56. The molecule has 3 saturated carbocycles. The van der Waals surface area contributed by atoms with Gasteiger partial charge in [0.2, 0.25) is 0 Å². The summed E-state index contributed by atoms with van der Waals surface area (Å²) in [5.41, 5.74) is 0.627. The average Bonchev–Trinajstić information content (AvgIpc) is 2.76. The van der Waals surface area contributed by atoms with Gasteiger partial charge >= 0.3 is 0 Å². The number of hydrogen-bond donors (Lipinski definition) is 1. The minimum absolute atomic E-state index is 0.0447. The average molecular weight is 286 g/mol.